The molecule has 3 amide bonds. The average Bonchev–Trinajstić information content (AvgIpc) is 2.81. The number of hydrogen-bond donors (Lipinski definition) is 2. The number of carbonyl (C=O) groups is 3. The van der Waals surface area contributed by atoms with E-state index < -0.39 is 24.1 Å². The van der Waals surface area contributed by atoms with Crippen LogP contribution in [0.5, 0.6) is 0 Å². The Kier molecular flexibility index (Phi) is 5.95. The number of likely N-dealkylation sites (N-methyl/N-ethyl adjacent to an activating group) is 2. The predicted octanol–water partition coefficient (Wildman–Crippen LogP) is -0.574. The van der Waals surface area contributed by atoms with E-state index in [1.165, 1.54) is 11.9 Å². The normalized spacial score (nSPS) is 21.2. The predicted molar refractivity (Wildman–Crippen MR) is 74.7 cm³/mol. The van der Waals surface area contributed by atoms with Crippen molar-refractivity contribution in [3.05, 3.63) is 0 Å². The van der Waals surface area contributed by atoms with Crippen molar-refractivity contribution in [1.82, 2.24) is 14.7 Å². The van der Waals surface area contributed by atoms with E-state index in [0.29, 0.717) is 13.1 Å². The standard InChI is InChI=1S/C13H23N3O5/c1-4-15(5-2)11(18)8-14(3)13(21)16-7-9(17)6-10(16)12(19)20/h9-10,17H,4-8H2,1-3H3,(H,19,20)/t9-,10-/m1/s1. The molecule has 8 heteroatoms. The first-order chi connectivity index (χ1) is 9.81. The fourth-order valence-corrected chi connectivity index (χ4v) is 2.43. The third-order valence-corrected chi connectivity index (χ3v) is 3.62. The Balaban J connectivity index is 2.69. The molecule has 21 heavy (non-hydrogen) atoms. The molecule has 1 heterocycles. The van der Waals surface area contributed by atoms with Crippen molar-refractivity contribution >= 4 is 17.9 Å². The summed E-state index contributed by atoms with van der Waals surface area (Å²) >= 11 is 0. The van der Waals surface area contributed by atoms with Crippen molar-refractivity contribution in [2.24, 2.45) is 0 Å². The van der Waals surface area contributed by atoms with Crippen molar-refractivity contribution in [2.45, 2.75) is 32.4 Å². The maximum Gasteiger partial charge on any atom is 0.326 e. The summed E-state index contributed by atoms with van der Waals surface area (Å²) in [5.74, 6) is -1.34. The van der Waals surface area contributed by atoms with Crippen molar-refractivity contribution in [2.75, 3.05) is 33.2 Å². The van der Waals surface area contributed by atoms with Crippen LogP contribution in [0.2, 0.25) is 0 Å². The number of aliphatic carboxylic acids is 1. The number of hydrogen-bond acceptors (Lipinski definition) is 4. The van der Waals surface area contributed by atoms with Crippen LogP contribution in [0.4, 0.5) is 4.79 Å². The van der Waals surface area contributed by atoms with Crippen LogP contribution in [0.3, 0.4) is 0 Å². The van der Waals surface area contributed by atoms with E-state index in [4.69, 9.17) is 5.11 Å². The van der Waals surface area contributed by atoms with E-state index in [1.807, 2.05) is 13.8 Å². The molecule has 0 saturated carbocycles. The number of carboxylic acids is 1. The van der Waals surface area contributed by atoms with Gasteiger partial charge in [-0.2, -0.15) is 0 Å². The number of rotatable bonds is 5. The molecule has 0 bridgehead atoms. The number of aliphatic hydroxyl groups is 1. The van der Waals surface area contributed by atoms with E-state index in [-0.39, 0.29) is 25.4 Å². The lowest BCUT2D eigenvalue weighted by molar-refractivity contribution is -0.141. The molecule has 120 valence electrons. The summed E-state index contributed by atoms with van der Waals surface area (Å²) in [5, 5.41) is 18.6. The molecular weight excluding hydrogens is 278 g/mol. The molecule has 1 aliphatic rings. The summed E-state index contributed by atoms with van der Waals surface area (Å²) in [6.07, 6.45) is -0.833. The number of urea groups is 1. The molecule has 0 aliphatic carbocycles. The van der Waals surface area contributed by atoms with Gasteiger partial charge in [-0.15, -0.1) is 0 Å². The number of carbonyl (C=O) groups excluding carboxylic acids is 2. The maximum atomic E-state index is 12.2. The number of likely N-dealkylation sites (tertiary alicyclic amines) is 1. The molecule has 0 unspecified atom stereocenters. The Bertz CT molecular complexity index is 411. The molecular formula is C13H23N3O5. The number of aliphatic hydroxyl groups excluding tert-OH is 1. The molecule has 0 aromatic carbocycles. The minimum absolute atomic E-state index is 0.0128. The van der Waals surface area contributed by atoms with Crippen LogP contribution >= 0.6 is 0 Å². The Morgan fingerprint density at radius 2 is 1.81 bits per heavy atom. The van der Waals surface area contributed by atoms with Gasteiger partial charge in [0.15, 0.2) is 0 Å². The Morgan fingerprint density at radius 1 is 1.24 bits per heavy atom. The summed E-state index contributed by atoms with van der Waals surface area (Å²) in [4.78, 5) is 39.2. The average molecular weight is 301 g/mol. The molecule has 0 spiro atoms. The molecule has 1 fully saturated rings. The number of nitrogens with zero attached hydrogens (tertiary/aromatic N) is 3. The summed E-state index contributed by atoms with van der Waals surface area (Å²) in [7, 11) is 1.45. The second-order valence-corrected chi connectivity index (χ2v) is 5.10. The van der Waals surface area contributed by atoms with Gasteiger partial charge in [-0.3, -0.25) is 4.79 Å². The van der Waals surface area contributed by atoms with Gasteiger partial charge in [0.25, 0.3) is 0 Å². The van der Waals surface area contributed by atoms with Crippen LogP contribution in [0.25, 0.3) is 0 Å². The minimum atomic E-state index is -1.15. The first-order valence-corrected chi connectivity index (χ1v) is 7.02. The zero-order valence-electron chi connectivity index (χ0n) is 12.7. The SMILES string of the molecule is CCN(CC)C(=O)CN(C)C(=O)N1C[C@H](O)C[C@@H]1C(=O)O. The quantitative estimate of drug-likeness (QED) is 0.708. The lowest BCUT2D eigenvalue weighted by atomic mass is 10.2. The van der Waals surface area contributed by atoms with Crippen LogP contribution in [0.15, 0.2) is 0 Å². The molecule has 0 aromatic rings. The molecule has 1 aliphatic heterocycles. The van der Waals surface area contributed by atoms with Crippen molar-refractivity contribution in [3.63, 3.8) is 0 Å². The second kappa shape index (κ2) is 7.26. The van der Waals surface area contributed by atoms with Gasteiger partial charge in [0.1, 0.15) is 12.6 Å². The van der Waals surface area contributed by atoms with E-state index in [1.54, 1.807) is 4.90 Å². The fourth-order valence-electron chi connectivity index (χ4n) is 2.43. The van der Waals surface area contributed by atoms with Gasteiger partial charge < -0.3 is 24.9 Å². The number of β-amino-alcohol motifs (C(OH)–C–C–N with tert-alkyl or cyclic N) is 1. The first-order valence-electron chi connectivity index (χ1n) is 7.02. The van der Waals surface area contributed by atoms with Crippen LogP contribution in [-0.4, -0.2) is 88.2 Å². The zero-order chi connectivity index (χ0) is 16.2. The summed E-state index contributed by atoms with van der Waals surface area (Å²) < 4.78 is 0. The summed E-state index contributed by atoms with van der Waals surface area (Å²) in [6.45, 7) is 4.66. The third-order valence-electron chi connectivity index (χ3n) is 3.62. The van der Waals surface area contributed by atoms with Crippen molar-refractivity contribution in [3.8, 4) is 0 Å². The largest absolute Gasteiger partial charge is 0.480 e. The summed E-state index contributed by atoms with van der Waals surface area (Å²) in [5.41, 5.74) is 0. The molecule has 2 N–H and O–H groups in total. The molecule has 2 atom stereocenters. The Hall–Kier alpha value is -1.83. The maximum absolute atomic E-state index is 12.2. The van der Waals surface area contributed by atoms with Gasteiger partial charge in [-0.25, -0.2) is 9.59 Å². The lowest BCUT2D eigenvalue weighted by Crippen LogP contribution is -2.49. The van der Waals surface area contributed by atoms with Crippen molar-refractivity contribution in [1.29, 1.82) is 0 Å². The van der Waals surface area contributed by atoms with E-state index in [9.17, 15) is 19.5 Å². The highest BCUT2D eigenvalue weighted by molar-refractivity contribution is 5.87. The van der Waals surface area contributed by atoms with E-state index in [0.717, 1.165) is 4.90 Å². The van der Waals surface area contributed by atoms with Gasteiger partial charge in [0.05, 0.1) is 6.10 Å². The molecule has 0 radical (unpaired) electrons. The van der Waals surface area contributed by atoms with Gasteiger partial charge in [0.2, 0.25) is 5.91 Å². The van der Waals surface area contributed by atoms with Crippen LogP contribution in [0.1, 0.15) is 20.3 Å². The molecule has 1 saturated heterocycles. The van der Waals surface area contributed by atoms with Gasteiger partial charge >= 0.3 is 12.0 Å². The highest BCUT2D eigenvalue weighted by atomic mass is 16.4. The van der Waals surface area contributed by atoms with E-state index in [2.05, 4.69) is 0 Å². The first kappa shape index (κ1) is 17.2. The minimum Gasteiger partial charge on any atom is -0.480 e. The van der Waals surface area contributed by atoms with Crippen LogP contribution in [0, 0.1) is 0 Å². The number of carboxylic acid groups (broad SMARTS) is 1. The smallest absolute Gasteiger partial charge is 0.326 e. The van der Waals surface area contributed by atoms with Crippen LogP contribution < -0.4 is 0 Å². The lowest BCUT2D eigenvalue weighted by Gasteiger charge is -2.28. The fraction of sp³-hybridized carbons (Fsp3) is 0.769. The summed E-state index contributed by atoms with van der Waals surface area (Å²) in [6, 6.07) is -1.60. The van der Waals surface area contributed by atoms with Gasteiger partial charge in [-0.05, 0) is 13.8 Å². The highest BCUT2D eigenvalue weighted by Gasteiger charge is 2.40. The van der Waals surface area contributed by atoms with Crippen molar-refractivity contribution < 1.29 is 24.6 Å². The second-order valence-electron chi connectivity index (χ2n) is 5.10. The molecule has 1 rings (SSSR count). The molecule has 0 aromatic heterocycles. The van der Waals surface area contributed by atoms with Gasteiger partial charge in [0, 0.05) is 33.1 Å². The topological polar surface area (TPSA) is 101 Å². The number of amides is 3. The monoisotopic (exact) mass is 301 g/mol. The highest BCUT2D eigenvalue weighted by Crippen LogP contribution is 2.19. The van der Waals surface area contributed by atoms with Crippen LogP contribution in [-0.2, 0) is 9.59 Å². The molecule has 8 nitrogen and oxygen atoms in total. The van der Waals surface area contributed by atoms with E-state index >= 15 is 0 Å². The zero-order valence-corrected chi connectivity index (χ0v) is 12.7. The Morgan fingerprint density at radius 3 is 2.29 bits per heavy atom. The van der Waals surface area contributed by atoms with Gasteiger partial charge in [-0.1, -0.05) is 0 Å². The Labute approximate surface area is 123 Å². The third kappa shape index (κ3) is 4.07.